The molecule has 3 rings (SSSR count). The number of hydrogen-bond donors (Lipinski definition) is 1. The summed E-state index contributed by atoms with van der Waals surface area (Å²) in [5.41, 5.74) is 5.22. The van der Waals surface area contributed by atoms with Crippen molar-refractivity contribution in [3.8, 4) is 0 Å². The summed E-state index contributed by atoms with van der Waals surface area (Å²) in [6.45, 7) is 6.30. The maximum Gasteiger partial charge on any atom is 0.234 e. The molecule has 0 aliphatic carbocycles. The van der Waals surface area contributed by atoms with Crippen LogP contribution in [-0.4, -0.2) is 21.2 Å². The number of benzene rings is 2. The molecule has 0 atom stereocenters. The summed E-state index contributed by atoms with van der Waals surface area (Å²) in [5, 5.41) is 3.94. The van der Waals surface area contributed by atoms with Gasteiger partial charge in [-0.1, -0.05) is 55.9 Å². The monoisotopic (exact) mass is 353 g/mol. The number of rotatable bonds is 5. The zero-order chi connectivity index (χ0) is 18.0. The average molecular weight is 353 g/mol. The van der Waals surface area contributed by atoms with Crippen molar-refractivity contribution in [1.82, 2.24) is 9.55 Å². The Morgan fingerprint density at radius 3 is 2.68 bits per heavy atom. The van der Waals surface area contributed by atoms with Gasteiger partial charge in [-0.15, -0.1) is 0 Å². The van der Waals surface area contributed by atoms with Crippen molar-refractivity contribution in [3.63, 3.8) is 0 Å². The van der Waals surface area contributed by atoms with Gasteiger partial charge in [-0.25, -0.2) is 4.98 Å². The Hall–Kier alpha value is -2.27. The third-order valence-corrected chi connectivity index (χ3v) is 5.30. The number of fused-ring (bicyclic) bond motifs is 1. The number of para-hydroxylation sites is 3. The van der Waals surface area contributed by atoms with Crippen LogP contribution in [0, 0.1) is 6.92 Å². The van der Waals surface area contributed by atoms with E-state index in [4.69, 9.17) is 0 Å². The van der Waals surface area contributed by atoms with E-state index in [1.807, 2.05) is 54.9 Å². The summed E-state index contributed by atoms with van der Waals surface area (Å²) in [4.78, 5) is 17.1. The van der Waals surface area contributed by atoms with Gasteiger partial charge in [-0.2, -0.15) is 0 Å². The Morgan fingerprint density at radius 1 is 1.20 bits per heavy atom. The molecule has 0 aliphatic heterocycles. The van der Waals surface area contributed by atoms with Crippen LogP contribution in [0.25, 0.3) is 11.0 Å². The van der Waals surface area contributed by atoms with E-state index in [0.717, 1.165) is 27.4 Å². The quantitative estimate of drug-likeness (QED) is 0.674. The highest BCUT2D eigenvalue weighted by molar-refractivity contribution is 7.99. The standard InChI is InChI=1S/C20H23N3OS/c1-13(2)15-9-7-8-14(3)19(15)22-18(24)12-25-20-21-16-10-5-6-11-17(16)23(20)4/h5-11,13H,12H2,1-4H3,(H,22,24). The number of imidazole rings is 1. The van der Waals surface area contributed by atoms with Crippen molar-refractivity contribution in [2.24, 2.45) is 7.05 Å². The SMILES string of the molecule is Cc1cccc(C(C)C)c1NC(=O)CSc1nc2ccccc2n1C. The van der Waals surface area contributed by atoms with Gasteiger partial charge in [0.15, 0.2) is 5.16 Å². The van der Waals surface area contributed by atoms with Gasteiger partial charge >= 0.3 is 0 Å². The maximum atomic E-state index is 12.5. The normalized spacial score (nSPS) is 11.2. The molecular weight excluding hydrogens is 330 g/mol. The molecule has 5 heteroatoms. The fourth-order valence-electron chi connectivity index (χ4n) is 2.90. The zero-order valence-electron chi connectivity index (χ0n) is 15.0. The van der Waals surface area contributed by atoms with Crippen LogP contribution in [0.4, 0.5) is 5.69 Å². The molecule has 0 fully saturated rings. The van der Waals surface area contributed by atoms with Crippen molar-refractivity contribution < 1.29 is 4.79 Å². The molecule has 4 nitrogen and oxygen atoms in total. The molecule has 1 heterocycles. The van der Waals surface area contributed by atoms with Gasteiger partial charge in [0.05, 0.1) is 16.8 Å². The van der Waals surface area contributed by atoms with Gasteiger partial charge in [-0.05, 0) is 36.1 Å². The van der Waals surface area contributed by atoms with Gasteiger partial charge in [0, 0.05) is 12.7 Å². The first kappa shape index (κ1) is 17.5. The van der Waals surface area contributed by atoms with Crippen molar-refractivity contribution in [3.05, 3.63) is 53.6 Å². The van der Waals surface area contributed by atoms with E-state index < -0.39 is 0 Å². The lowest BCUT2D eigenvalue weighted by molar-refractivity contribution is -0.113. The molecule has 1 N–H and O–H groups in total. The van der Waals surface area contributed by atoms with Gasteiger partial charge in [-0.3, -0.25) is 4.79 Å². The highest BCUT2D eigenvalue weighted by Gasteiger charge is 2.14. The number of thioether (sulfide) groups is 1. The largest absolute Gasteiger partial charge is 0.325 e. The van der Waals surface area contributed by atoms with E-state index in [-0.39, 0.29) is 5.91 Å². The molecule has 130 valence electrons. The minimum Gasteiger partial charge on any atom is -0.325 e. The molecule has 2 aromatic carbocycles. The van der Waals surface area contributed by atoms with Crippen LogP contribution in [-0.2, 0) is 11.8 Å². The number of carbonyl (C=O) groups is 1. The summed E-state index contributed by atoms with van der Waals surface area (Å²) in [6, 6.07) is 14.1. The van der Waals surface area contributed by atoms with E-state index in [2.05, 4.69) is 30.2 Å². The number of hydrogen-bond acceptors (Lipinski definition) is 3. The Kier molecular flexibility index (Phi) is 5.13. The van der Waals surface area contributed by atoms with E-state index >= 15 is 0 Å². The van der Waals surface area contributed by atoms with E-state index in [0.29, 0.717) is 11.7 Å². The molecule has 0 saturated heterocycles. The predicted octanol–water partition coefficient (Wildman–Crippen LogP) is 4.74. The van der Waals surface area contributed by atoms with Crippen LogP contribution < -0.4 is 5.32 Å². The summed E-state index contributed by atoms with van der Waals surface area (Å²) in [6.07, 6.45) is 0. The number of nitrogens with one attached hydrogen (secondary N) is 1. The Balaban J connectivity index is 1.72. The molecule has 0 bridgehead atoms. The highest BCUT2D eigenvalue weighted by atomic mass is 32.2. The highest BCUT2D eigenvalue weighted by Crippen LogP contribution is 2.28. The zero-order valence-corrected chi connectivity index (χ0v) is 15.9. The third kappa shape index (κ3) is 3.71. The van der Waals surface area contributed by atoms with Crippen molar-refractivity contribution >= 4 is 34.4 Å². The van der Waals surface area contributed by atoms with E-state index in [9.17, 15) is 4.79 Å². The number of aromatic nitrogens is 2. The lowest BCUT2D eigenvalue weighted by Crippen LogP contribution is -2.17. The predicted molar refractivity (Wildman–Crippen MR) is 105 cm³/mol. The second-order valence-corrected chi connectivity index (χ2v) is 7.42. The Bertz CT molecular complexity index is 914. The molecule has 0 spiro atoms. The molecule has 1 aromatic heterocycles. The number of nitrogens with zero attached hydrogens (tertiary/aromatic N) is 2. The van der Waals surface area contributed by atoms with E-state index in [1.54, 1.807) is 0 Å². The van der Waals surface area contributed by atoms with Crippen molar-refractivity contribution in [2.75, 3.05) is 11.1 Å². The second-order valence-electron chi connectivity index (χ2n) is 6.47. The molecule has 1 amide bonds. The van der Waals surface area contributed by atoms with Gasteiger partial charge < -0.3 is 9.88 Å². The van der Waals surface area contributed by atoms with E-state index in [1.165, 1.54) is 17.3 Å². The van der Waals surface area contributed by atoms with Crippen LogP contribution >= 0.6 is 11.8 Å². The number of carbonyl (C=O) groups excluding carboxylic acids is 1. The fourth-order valence-corrected chi connectivity index (χ4v) is 3.69. The van der Waals surface area contributed by atoms with Crippen LogP contribution in [0.5, 0.6) is 0 Å². The Morgan fingerprint density at radius 2 is 1.96 bits per heavy atom. The first-order valence-electron chi connectivity index (χ1n) is 8.41. The molecule has 25 heavy (non-hydrogen) atoms. The minimum absolute atomic E-state index is 0.00624. The summed E-state index contributed by atoms with van der Waals surface area (Å²) < 4.78 is 2.03. The number of aryl methyl sites for hydroxylation is 2. The maximum absolute atomic E-state index is 12.5. The first-order valence-corrected chi connectivity index (χ1v) is 9.39. The lowest BCUT2D eigenvalue weighted by Gasteiger charge is -2.16. The van der Waals surface area contributed by atoms with Crippen LogP contribution in [0.1, 0.15) is 30.9 Å². The summed E-state index contributed by atoms with van der Waals surface area (Å²) in [7, 11) is 1.98. The number of amides is 1. The van der Waals surface area contributed by atoms with Crippen LogP contribution in [0.15, 0.2) is 47.6 Å². The van der Waals surface area contributed by atoms with Crippen molar-refractivity contribution in [1.29, 1.82) is 0 Å². The molecule has 0 radical (unpaired) electrons. The topological polar surface area (TPSA) is 46.9 Å². The van der Waals surface area contributed by atoms with Crippen molar-refractivity contribution in [2.45, 2.75) is 31.8 Å². The van der Waals surface area contributed by atoms with Crippen LogP contribution in [0.2, 0.25) is 0 Å². The second kappa shape index (κ2) is 7.31. The molecule has 0 saturated carbocycles. The van der Waals surface area contributed by atoms with Crippen LogP contribution in [0.3, 0.4) is 0 Å². The molecule has 0 aliphatic rings. The summed E-state index contributed by atoms with van der Waals surface area (Å²) in [5.74, 6) is 0.694. The smallest absolute Gasteiger partial charge is 0.234 e. The molecule has 0 unspecified atom stereocenters. The fraction of sp³-hybridized carbons (Fsp3) is 0.300. The van der Waals surface area contributed by atoms with Gasteiger partial charge in [0.2, 0.25) is 5.91 Å². The molecule has 3 aromatic rings. The average Bonchev–Trinajstić information content (AvgIpc) is 2.91. The molecular formula is C20H23N3OS. The third-order valence-electron chi connectivity index (χ3n) is 4.27. The summed E-state index contributed by atoms with van der Waals surface area (Å²) >= 11 is 1.46. The lowest BCUT2D eigenvalue weighted by atomic mass is 9.98. The van der Waals surface area contributed by atoms with Gasteiger partial charge in [0.1, 0.15) is 0 Å². The Labute approximate surface area is 152 Å². The first-order chi connectivity index (χ1) is 12.0. The van der Waals surface area contributed by atoms with Gasteiger partial charge in [0.25, 0.3) is 0 Å². The number of anilines is 1. The minimum atomic E-state index is -0.00624.